The molecule has 0 bridgehead atoms. The van der Waals surface area contributed by atoms with E-state index in [0.717, 1.165) is 57.2 Å². The Labute approximate surface area is 195 Å². The lowest BCUT2D eigenvalue weighted by molar-refractivity contribution is -0.114. The zero-order valence-electron chi connectivity index (χ0n) is 18.6. The van der Waals surface area contributed by atoms with Crippen LogP contribution in [0.1, 0.15) is 25.3 Å². The number of amides is 1. The van der Waals surface area contributed by atoms with Crippen LogP contribution in [0.15, 0.2) is 48.5 Å². The molecule has 2 fully saturated rings. The van der Waals surface area contributed by atoms with Crippen molar-refractivity contribution in [2.45, 2.75) is 32.4 Å². The molecule has 4 rings (SSSR count). The normalized spacial score (nSPS) is 20.8. The Morgan fingerprint density at radius 1 is 1.09 bits per heavy atom. The number of carbonyl (C=O) groups excluding carboxylic acids is 1. The molecule has 2 saturated heterocycles. The molecule has 2 aromatic carbocycles. The third-order valence-electron chi connectivity index (χ3n) is 6.26. The first-order valence-electron chi connectivity index (χ1n) is 11.4. The van der Waals surface area contributed by atoms with Crippen molar-refractivity contribution in [3.05, 3.63) is 59.1 Å². The van der Waals surface area contributed by atoms with Crippen LogP contribution in [0.2, 0.25) is 5.02 Å². The summed E-state index contributed by atoms with van der Waals surface area (Å²) < 4.78 is 12.2. The first-order valence-corrected chi connectivity index (χ1v) is 11.7. The molecule has 2 aromatic rings. The number of carbonyl (C=O) groups is 1. The van der Waals surface area contributed by atoms with Gasteiger partial charge in [-0.05, 0) is 61.7 Å². The minimum atomic E-state index is -0.102. The van der Waals surface area contributed by atoms with E-state index in [1.54, 1.807) is 0 Å². The highest BCUT2D eigenvalue weighted by Crippen LogP contribution is 2.27. The van der Waals surface area contributed by atoms with Gasteiger partial charge in [-0.1, -0.05) is 35.9 Å². The van der Waals surface area contributed by atoms with Crippen LogP contribution in [0, 0.1) is 5.92 Å². The summed E-state index contributed by atoms with van der Waals surface area (Å²) in [6.07, 6.45) is 2.55. The standard InChI is InChI=1S/C25H32ClN3O3/c1-19(30)27-23-4-2-3-5-24(23)32-18-29-14-15-31-25(17-29)21-10-12-28(13-11-21)16-20-6-8-22(26)9-7-20/h2-9,21,25H,10-18H2,1H3,(H,27,30)/t25-/m1/s1. The van der Waals surface area contributed by atoms with Gasteiger partial charge in [0.1, 0.15) is 12.5 Å². The smallest absolute Gasteiger partial charge is 0.221 e. The zero-order valence-corrected chi connectivity index (χ0v) is 19.4. The van der Waals surface area contributed by atoms with Crippen molar-refractivity contribution in [1.29, 1.82) is 0 Å². The predicted molar refractivity (Wildman–Crippen MR) is 127 cm³/mol. The second-order valence-corrected chi connectivity index (χ2v) is 9.11. The fourth-order valence-electron chi connectivity index (χ4n) is 4.51. The molecule has 0 saturated carbocycles. The maximum Gasteiger partial charge on any atom is 0.221 e. The Bertz CT molecular complexity index is 884. The van der Waals surface area contributed by atoms with Gasteiger partial charge in [0.2, 0.25) is 5.91 Å². The fraction of sp³-hybridized carbons (Fsp3) is 0.480. The molecule has 2 aliphatic heterocycles. The number of anilines is 1. The van der Waals surface area contributed by atoms with Gasteiger partial charge in [0, 0.05) is 31.6 Å². The molecule has 1 amide bonds. The number of ether oxygens (including phenoxy) is 2. The molecule has 0 radical (unpaired) electrons. The monoisotopic (exact) mass is 457 g/mol. The highest BCUT2D eigenvalue weighted by atomic mass is 35.5. The van der Waals surface area contributed by atoms with Crippen LogP contribution in [0.5, 0.6) is 5.75 Å². The summed E-state index contributed by atoms with van der Waals surface area (Å²) in [6, 6.07) is 15.7. The van der Waals surface area contributed by atoms with Crippen LogP contribution in [0.4, 0.5) is 5.69 Å². The van der Waals surface area contributed by atoms with E-state index in [4.69, 9.17) is 21.1 Å². The third kappa shape index (κ3) is 6.45. The average Bonchev–Trinajstić information content (AvgIpc) is 2.80. The molecule has 0 aliphatic carbocycles. The number of hydrogen-bond donors (Lipinski definition) is 1. The maximum atomic E-state index is 11.4. The quantitative estimate of drug-likeness (QED) is 0.673. The predicted octanol–water partition coefficient (Wildman–Crippen LogP) is 4.25. The van der Waals surface area contributed by atoms with Gasteiger partial charge in [-0.2, -0.15) is 0 Å². The lowest BCUT2D eigenvalue weighted by Gasteiger charge is -2.40. The van der Waals surface area contributed by atoms with E-state index >= 15 is 0 Å². The number of halogens is 1. The van der Waals surface area contributed by atoms with E-state index in [1.165, 1.54) is 12.5 Å². The number of nitrogens with one attached hydrogen (secondary N) is 1. The van der Waals surface area contributed by atoms with Gasteiger partial charge >= 0.3 is 0 Å². The molecule has 0 unspecified atom stereocenters. The molecule has 172 valence electrons. The number of hydrogen-bond acceptors (Lipinski definition) is 5. The van der Waals surface area contributed by atoms with Gasteiger partial charge in [0.05, 0.1) is 18.4 Å². The Balaban J connectivity index is 1.24. The molecule has 7 heteroatoms. The summed E-state index contributed by atoms with van der Waals surface area (Å²) in [5.74, 6) is 1.17. The zero-order chi connectivity index (χ0) is 22.3. The summed E-state index contributed by atoms with van der Waals surface area (Å²) in [6.45, 7) is 7.62. The molecule has 6 nitrogen and oxygen atoms in total. The Morgan fingerprint density at radius 3 is 2.59 bits per heavy atom. The fourth-order valence-corrected chi connectivity index (χ4v) is 4.64. The topological polar surface area (TPSA) is 54.0 Å². The van der Waals surface area contributed by atoms with Crippen LogP contribution in [0.3, 0.4) is 0 Å². The first-order chi connectivity index (χ1) is 15.6. The molecule has 1 N–H and O–H groups in total. The second-order valence-electron chi connectivity index (χ2n) is 8.68. The average molecular weight is 458 g/mol. The number of morpholine rings is 1. The highest BCUT2D eigenvalue weighted by Gasteiger charge is 2.31. The van der Waals surface area contributed by atoms with Gasteiger partial charge in [-0.25, -0.2) is 0 Å². The van der Waals surface area contributed by atoms with Crippen LogP contribution in [-0.2, 0) is 16.1 Å². The molecule has 2 aliphatic rings. The largest absolute Gasteiger partial charge is 0.476 e. The van der Waals surface area contributed by atoms with Gasteiger partial charge in [0.15, 0.2) is 0 Å². The SMILES string of the molecule is CC(=O)Nc1ccccc1OCN1CCO[C@@H](C2CCN(Cc3ccc(Cl)cc3)CC2)C1. The van der Waals surface area contributed by atoms with Gasteiger partial charge in [-0.15, -0.1) is 0 Å². The highest BCUT2D eigenvalue weighted by molar-refractivity contribution is 6.30. The summed E-state index contributed by atoms with van der Waals surface area (Å²) in [4.78, 5) is 16.2. The van der Waals surface area contributed by atoms with E-state index in [1.807, 2.05) is 36.4 Å². The van der Waals surface area contributed by atoms with Gasteiger partial charge < -0.3 is 14.8 Å². The molecular formula is C25H32ClN3O3. The minimum absolute atomic E-state index is 0.102. The van der Waals surface area contributed by atoms with Crippen LogP contribution < -0.4 is 10.1 Å². The van der Waals surface area contributed by atoms with Crippen LogP contribution in [-0.4, -0.2) is 61.3 Å². The molecule has 1 atom stereocenters. The number of benzene rings is 2. The summed E-state index contributed by atoms with van der Waals surface area (Å²) in [5, 5.41) is 3.61. The van der Waals surface area contributed by atoms with Crippen LogP contribution >= 0.6 is 11.6 Å². The van der Waals surface area contributed by atoms with Crippen molar-refractivity contribution >= 4 is 23.2 Å². The summed E-state index contributed by atoms with van der Waals surface area (Å²) in [5.41, 5.74) is 2.02. The molecular weight excluding hydrogens is 426 g/mol. The van der Waals surface area contributed by atoms with E-state index in [2.05, 4.69) is 27.2 Å². The first kappa shape index (κ1) is 23.1. The van der Waals surface area contributed by atoms with Crippen LogP contribution in [0.25, 0.3) is 0 Å². The number of piperidine rings is 1. The van der Waals surface area contributed by atoms with E-state index in [9.17, 15) is 4.79 Å². The van der Waals surface area contributed by atoms with Crippen molar-refractivity contribution in [3.8, 4) is 5.75 Å². The Morgan fingerprint density at radius 2 is 1.84 bits per heavy atom. The van der Waals surface area contributed by atoms with Gasteiger partial charge in [-0.3, -0.25) is 14.6 Å². The molecule has 2 heterocycles. The lowest BCUT2D eigenvalue weighted by atomic mass is 9.90. The van der Waals surface area contributed by atoms with Crippen molar-refractivity contribution < 1.29 is 14.3 Å². The second kappa shape index (κ2) is 11.1. The molecule has 32 heavy (non-hydrogen) atoms. The molecule has 0 spiro atoms. The van der Waals surface area contributed by atoms with Gasteiger partial charge in [0.25, 0.3) is 0 Å². The summed E-state index contributed by atoms with van der Waals surface area (Å²) in [7, 11) is 0. The third-order valence-corrected chi connectivity index (χ3v) is 6.51. The van der Waals surface area contributed by atoms with Crippen molar-refractivity contribution in [1.82, 2.24) is 9.80 Å². The van der Waals surface area contributed by atoms with Crippen molar-refractivity contribution in [3.63, 3.8) is 0 Å². The minimum Gasteiger partial charge on any atom is -0.476 e. The summed E-state index contributed by atoms with van der Waals surface area (Å²) >= 11 is 6.00. The van der Waals surface area contributed by atoms with Crippen molar-refractivity contribution in [2.75, 3.05) is 44.8 Å². The maximum absolute atomic E-state index is 11.4. The number of para-hydroxylation sites is 2. The Kier molecular flexibility index (Phi) is 8.03. The molecule has 0 aromatic heterocycles. The number of nitrogens with zero attached hydrogens (tertiary/aromatic N) is 2. The Hall–Kier alpha value is -2.12. The number of rotatable bonds is 7. The van der Waals surface area contributed by atoms with E-state index < -0.39 is 0 Å². The van der Waals surface area contributed by atoms with Crippen molar-refractivity contribution in [2.24, 2.45) is 5.92 Å². The van der Waals surface area contributed by atoms with E-state index in [-0.39, 0.29) is 12.0 Å². The number of likely N-dealkylation sites (tertiary alicyclic amines) is 1. The van der Waals surface area contributed by atoms with E-state index in [0.29, 0.717) is 24.1 Å². The lowest BCUT2D eigenvalue weighted by Crippen LogP contribution is -2.49.